The van der Waals surface area contributed by atoms with Crippen molar-refractivity contribution in [2.45, 2.75) is 12.3 Å². The molecule has 0 unspecified atom stereocenters. The van der Waals surface area contributed by atoms with Gasteiger partial charge in [0.25, 0.3) is 0 Å². The van der Waals surface area contributed by atoms with E-state index in [0.717, 1.165) is 27.3 Å². The Labute approximate surface area is 178 Å². The fourth-order valence-corrected chi connectivity index (χ4v) is 4.76. The van der Waals surface area contributed by atoms with Crippen molar-refractivity contribution in [3.05, 3.63) is 63.3 Å². The zero-order valence-corrected chi connectivity index (χ0v) is 17.3. The molecule has 1 aliphatic heterocycles. The van der Waals surface area contributed by atoms with E-state index in [2.05, 4.69) is 16.6 Å². The molecule has 1 N–H and O–H groups in total. The normalized spacial score (nSPS) is 15.2. The fraction of sp³-hybridized carbons (Fsp3) is 0.174. The summed E-state index contributed by atoms with van der Waals surface area (Å²) in [4.78, 5) is 13.6. The average molecular weight is 424 g/mol. The van der Waals surface area contributed by atoms with E-state index in [0.29, 0.717) is 22.9 Å². The molecule has 6 heteroatoms. The van der Waals surface area contributed by atoms with Gasteiger partial charge >= 0.3 is 0 Å². The third-order valence-electron chi connectivity index (χ3n) is 4.85. The zero-order valence-electron chi connectivity index (χ0n) is 15.7. The van der Waals surface area contributed by atoms with E-state index in [1.165, 1.54) is 0 Å². The summed E-state index contributed by atoms with van der Waals surface area (Å²) in [6, 6.07) is 13.3. The lowest BCUT2D eigenvalue weighted by Gasteiger charge is -2.24. The Morgan fingerprint density at radius 3 is 2.76 bits per heavy atom. The minimum atomic E-state index is -0.0552. The molecule has 0 saturated carbocycles. The predicted octanol–water partition coefficient (Wildman–Crippen LogP) is 5.56. The highest BCUT2D eigenvalue weighted by Crippen LogP contribution is 2.47. The maximum Gasteiger partial charge on any atom is 0.225 e. The number of amides is 1. The van der Waals surface area contributed by atoms with Crippen molar-refractivity contribution in [3.63, 3.8) is 0 Å². The summed E-state index contributed by atoms with van der Waals surface area (Å²) in [5.41, 5.74) is 3.88. The molecule has 0 spiro atoms. The minimum absolute atomic E-state index is 0.0114. The van der Waals surface area contributed by atoms with Crippen LogP contribution >= 0.6 is 22.9 Å². The van der Waals surface area contributed by atoms with Crippen molar-refractivity contribution in [1.82, 2.24) is 0 Å². The van der Waals surface area contributed by atoms with Gasteiger partial charge in [-0.15, -0.1) is 17.8 Å². The number of carbonyl (C=O) groups excluding carboxylic acids is 1. The molecular weight excluding hydrogens is 406 g/mol. The third kappa shape index (κ3) is 3.82. The lowest BCUT2D eigenvalue weighted by atomic mass is 9.89. The number of hydrogen-bond donors (Lipinski definition) is 1. The largest absolute Gasteiger partial charge is 0.493 e. The number of rotatable bonds is 5. The number of halogens is 1. The zero-order chi connectivity index (χ0) is 20.4. The molecule has 4 nitrogen and oxygen atoms in total. The number of benzene rings is 2. The van der Waals surface area contributed by atoms with Crippen LogP contribution in [0.2, 0.25) is 5.02 Å². The molecule has 0 aliphatic carbocycles. The van der Waals surface area contributed by atoms with Gasteiger partial charge in [0, 0.05) is 33.2 Å². The Balaban J connectivity index is 1.73. The highest BCUT2D eigenvalue weighted by atomic mass is 35.5. The number of terminal acetylenes is 1. The van der Waals surface area contributed by atoms with Crippen LogP contribution in [0.4, 0.5) is 5.69 Å². The topological polar surface area (TPSA) is 47.6 Å². The van der Waals surface area contributed by atoms with E-state index in [1.807, 2.05) is 42.5 Å². The summed E-state index contributed by atoms with van der Waals surface area (Å²) in [5, 5.41) is 5.81. The number of anilines is 1. The summed E-state index contributed by atoms with van der Waals surface area (Å²) in [6.07, 6.45) is 5.65. The molecule has 4 rings (SSSR count). The molecule has 0 saturated heterocycles. The number of thiophene rings is 1. The van der Waals surface area contributed by atoms with Crippen LogP contribution < -0.4 is 14.8 Å². The third-order valence-corrected chi connectivity index (χ3v) is 6.19. The van der Waals surface area contributed by atoms with Crippen LogP contribution in [-0.4, -0.2) is 19.6 Å². The SMILES string of the molecule is C#CCOc1ccc([C@@H]2CC(=O)Nc3c(-c4ccc(Cl)cc4)csc32)cc1OC. The Hall–Kier alpha value is -2.94. The van der Waals surface area contributed by atoms with Crippen molar-refractivity contribution in [1.29, 1.82) is 0 Å². The monoisotopic (exact) mass is 423 g/mol. The summed E-state index contributed by atoms with van der Waals surface area (Å²) in [6.45, 7) is 0.168. The van der Waals surface area contributed by atoms with Gasteiger partial charge in [0.05, 0.1) is 12.8 Å². The second-order valence-corrected chi connectivity index (χ2v) is 7.95. The maximum absolute atomic E-state index is 12.5. The summed E-state index contributed by atoms with van der Waals surface area (Å²) in [5.74, 6) is 3.57. The number of carbonyl (C=O) groups is 1. The minimum Gasteiger partial charge on any atom is -0.493 e. The Morgan fingerprint density at radius 1 is 1.24 bits per heavy atom. The van der Waals surface area contributed by atoms with Gasteiger partial charge in [-0.2, -0.15) is 0 Å². The van der Waals surface area contributed by atoms with E-state index in [1.54, 1.807) is 18.4 Å². The molecule has 1 atom stereocenters. The summed E-state index contributed by atoms with van der Waals surface area (Å²) in [7, 11) is 1.59. The van der Waals surface area contributed by atoms with Crippen molar-refractivity contribution < 1.29 is 14.3 Å². The van der Waals surface area contributed by atoms with Gasteiger partial charge in [-0.3, -0.25) is 4.79 Å². The molecule has 0 radical (unpaired) electrons. The molecule has 1 aliphatic rings. The number of methoxy groups -OCH3 is 1. The highest BCUT2D eigenvalue weighted by Gasteiger charge is 2.31. The van der Waals surface area contributed by atoms with Gasteiger partial charge < -0.3 is 14.8 Å². The number of fused-ring (bicyclic) bond motifs is 1. The van der Waals surface area contributed by atoms with Gasteiger partial charge in [-0.1, -0.05) is 35.7 Å². The molecule has 2 aromatic carbocycles. The molecule has 0 bridgehead atoms. The average Bonchev–Trinajstić information content (AvgIpc) is 3.15. The first-order valence-corrected chi connectivity index (χ1v) is 10.3. The number of nitrogens with one attached hydrogen (secondary N) is 1. The second kappa shape index (κ2) is 8.20. The highest BCUT2D eigenvalue weighted by molar-refractivity contribution is 7.11. The van der Waals surface area contributed by atoms with E-state index in [9.17, 15) is 4.79 Å². The van der Waals surface area contributed by atoms with Crippen LogP contribution in [0.3, 0.4) is 0 Å². The molecule has 29 heavy (non-hydrogen) atoms. The lowest BCUT2D eigenvalue weighted by molar-refractivity contribution is -0.116. The quantitative estimate of drug-likeness (QED) is 0.546. The lowest BCUT2D eigenvalue weighted by Crippen LogP contribution is -2.22. The standard InChI is InChI=1S/C23H18ClNO3S/c1-3-10-28-19-9-6-15(11-20(19)27-2)17-12-21(26)25-22-18(13-29-23(17)22)14-4-7-16(24)8-5-14/h1,4-9,11,13,17H,10,12H2,2H3,(H,25,26)/t17-/m0/s1. The Morgan fingerprint density at radius 2 is 2.03 bits per heavy atom. The number of hydrogen-bond acceptors (Lipinski definition) is 4. The van der Waals surface area contributed by atoms with Gasteiger partial charge in [0.2, 0.25) is 5.91 Å². The van der Waals surface area contributed by atoms with Crippen LogP contribution in [0.15, 0.2) is 47.8 Å². The fourth-order valence-electron chi connectivity index (χ4n) is 3.48. The van der Waals surface area contributed by atoms with Crippen LogP contribution in [0.25, 0.3) is 11.1 Å². The van der Waals surface area contributed by atoms with Crippen LogP contribution in [0, 0.1) is 12.3 Å². The summed E-state index contributed by atoms with van der Waals surface area (Å²) < 4.78 is 11.0. The van der Waals surface area contributed by atoms with E-state index in [4.69, 9.17) is 27.5 Å². The molecule has 2 heterocycles. The molecule has 146 valence electrons. The van der Waals surface area contributed by atoms with Gasteiger partial charge in [0.1, 0.15) is 6.61 Å². The van der Waals surface area contributed by atoms with E-state index in [-0.39, 0.29) is 18.4 Å². The van der Waals surface area contributed by atoms with E-state index >= 15 is 0 Å². The van der Waals surface area contributed by atoms with Gasteiger partial charge in [-0.25, -0.2) is 0 Å². The van der Waals surface area contributed by atoms with Gasteiger partial charge in [-0.05, 0) is 35.4 Å². The van der Waals surface area contributed by atoms with Crippen molar-refractivity contribution >= 4 is 34.5 Å². The van der Waals surface area contributed by atoms with Gasteiger partial charge in [0.15, 0.2) is 11.5 Å². The first-order chi connectivity index (χ1) is 14.1. The molecule has 3 aromatic rings. The smallest absolute Gasteiger partial charge is 0.225 e. The second-order valence-electron chi connectivity index (χ2n) is 6.60. The maximum atomic E-state index is 12.5. The van der Waals surface area contributed by atoms with Crippen LogP contribution in [0.5, 0.6) is 11.5 Å². The molecule has 1 aromatic heterocycles. The summed E-state index contributed by atoms with van der Waals surface area (Å²) >= 11 is 7.66. The Bertz CT molecular complexity index is 1100. The van der Waals surface area contributed by atoms with Crippen molar-refractivity contribution in [3.8, 4) is 35.0 Å². The molecule has 1 amide bonds. The predicted molar refractivity (Wildman–Crippen MR) is 117 cm³/mol. The van der Waals surface area contributed by atoms with E-state index < -0.39 is 0 Å². The number of ether oxygens (including phenoxy) is 2. The van der Waals surface area contributed by atoms with Crippen LogP contribution in [0.1, 0.15) is 22.8 Å². The van der Waals surface area contributed by atoms with Crippen molar-refractivity contribution in [2.24, 2.45) is 0 Å². The first kappa shape index (κ1) is 19.4. The molecule has 0 fully saturated rings. The Kier molecular flexibility index (Phi) is 5.48. The molecular formula is C23H18ClNO3S. The van der Waals surface area contributed by atoms with Crippen LogP contribution in [-0.2, 0) is 4.79 Å². The first-order valence-electron chi connectivity index (χ1n) is 9.02. The van der Waals surface area contributed by atoms with Crippen molar-refractivity contribution in [2.75, 3.05) is 19.0 Å².